The van der Waals surface area contributed by atoms with E-state index >= 15 is 0 Å². The predicted octanol–water partition coefficient (Wildman–Crippen LogP) is 1.10. The standard InChI is InChI=1S/C11H14N2O4/c1-7(14)13-4-2-8(3-5-13)10-9(11(15)16)6-17-12-10/h6,8H,2-5H2,1H3,(H,15,16). The first-order valence-corrected chi connectivity index (χ1v) is 5.52. The van der Waals surface area contributed by atoms with Gasteiger partial charge in [0.05, 0.1) is 0 Å². The van der Waals surface area contributed by atoms with Crippen LogP contribution in [0, 0.1) is 0 Å². The van der Waals surface area contributed by atoms with E-state index < -0.39 is 5.97 Å². The molecule has 6 nitrogen and oxygen atoms in total. The molecule has 0 unspecified atom stereocenters. The molecule has 0 atom stereocenters. The van der Waals surface area contributed by atoms with Gasteiger partial charge in [-0.3, -0.25) is 4.79 Å². The molecule has 2 heterocycles. The number of carboxylic acid groups (broad SMARTS) is 1. The van der Waals surface area contributed by atoms with Crippen LogP contribution in [0.5, 0.6) is 0 Å². The number of hydrogen-bond acceptors (Lipinski definition) is 4. The van der Waals surface area contributed by atoms with Crippen LogP contribution in [0.2, 0.25) is 0 Å². The van der Waals surface area contributed by atoms with Gasteiger partial charge in [-0.2, -0.15) is 0 Å². The highest BCUT2D eigenvalue weighted by Crippen LogP contribution is 2.29. The number of carboxylic acids is 1. The number of hydrogen-bond donors (Lipinski definition) is 1. The van der Waals surface area contributed by atoms with Gasteiger partial charge in [0.1, 0.15) is 17.5 Å². The first-order chi connectivity index (χ1) is 8.09. The summed E-state index contributed by atoms with van der Waals surface area (Å²) in [7, 11) is 0. The van der Waals surface area contributed by atoms with Gasteiger partial charge in [-0.15, -0.1) is 0 Å². The van der Waals surface area contributed by atoms with Crippen molar-refractivity contribution in [3.8, 4) is 0 Å². The molecule has 1 amide bonds. The molecule has 0 aliphatic carbocycles. The van der Waals surface area contributed by atoms with Crippen molar-refractivity contribution < 1.29 is 19.2 Å². The number of nitrogens with zero attached hydrogens (tertiary/aromatic N) is 2. The smallest absolute Gasteiger partial charge is 0.340 e. The maximum absolute atomic E-state index is 11.2. The molecule has 1 aromatic heterocycles. The molecule has 1 aliphatic rings. The Labute approximate surface area is 98.2 Å². The molecule has 0 radical (unpaired) electrons. The Hall–Kier alpha value is -1.85. The summed E-state index contributed by atoms with van der Waals surface area (Å²) in [5, 5.41) is 12.7. The fourth-order valence-corrected chi connectivity index (χ4v) is 2.17. The maximum Gasteiger partial charge on any atom is 0.340 e. The number of piperidine rings is 1. The van der Waals surface area contributed by atoms with E-state index in [0.717, 1.165) is 19.1 Å². The molecular formula is C11H14N2O4. The van der Waals surface area contributed by atoms with Crippen LogP contribution >= 0.6 is 0 Å². The molecule has 0 saturated carbocycles. The van der Waals surface area contributed by atoms with Crippen LogP contribution in [-0.4, -0.2) is 40.1 Å². The van der Waals surface area contributed by atoms with Gasteiger partial charge in [0.15, 0.2) is 0 Å². The quantitative estimate of drug-likeness (QED) is 0.834. The second kappa shape index (κ2) is 4.57. The minimum atomic E-state index is -1.02. The second-order valence-corrected chi connectivity index (χ2v) is 4.20. The van der Waals surface area contributed by atoms with Crippen LogP contribution in [-0.2, 0) is 4.79 Å². The number of carbonyl (C=O) groups excluding carboxylic acids is 1. The first-order valence-electron chi connectivity index (χ1n) is 5.52. The van der Waals surface area contributed by atoms with E-state index in [0.29, 0.717) is 18.8 Å². The molecule has 0 spiro atoms. The molecule has 92 valence electrons. The monoisotopic (exact) mass is 238 g/mol. The van der Waals surface area contributed by atoms with Gasteiger partial charge in [-0.05, 0) is 12.8 Å². The minimum Gasteiger partial charge on any atom is -0.478 e. The Morgan fingerprint density at radius 3 is 2.65 bits per heavy atom. The van der Waals surface area contributed by atoms with Crippen molar-refractivity contribution in [1.29, 1.82) is 0 Å². The van der Waals surface area contributed by atoms with Crippen LogP contribution in [0.3, 0.4) is 0 Å². The van der Waals surface area contributed by atoms with E-state index in [1.54, 1.807) is 11.8 Å². The molecule has 0 bridgehead atoms. The summed E-state index contributed by atoms with van der Waals surface area (Å²) >= 11 is 0. The summed E-state index contributed by atoms with van der Waals surface area (Å²) in [6.45, 7) is 2.83. The molecule has 1 N–H and O–H groups in total. The van der Waals surface area contributed by atoms with Crippen LogP contribution < -0.4 is 0 Å². The first kappa shape index (κ1) is 11.6. The van der Waals surface area contributed by atoms with E-state index in [4.69, 9.17) is 9.63 Å². The zero-order valence-electron chi connectivity index (χ0n) is 9.55. The second-order valence-electron chi connectivity index (χ2n) is 4.20. The topological polar surface area (TPSA) is 83.6 Å². The lowest BCUT2D eigenvalue weighted by molar-refractivity contribution is -0.129. The van der Waals surface area contributed by atoms with E-state index in [2.05, 4.69) is 5.16 Å². The zero-order chi connectivity index (χ0) is 12.4. The third-order valence-electron chi connectivity index (χ3n) is 3.15. The fraction of sp³-hybridized carbons (Fsp3) is 0.545. The zero-order valence-corrected chi connectivity index (χ0v) is 9.55. The van der Waals surface area contributed by atoms with Gasteiger partial charge in [0.2, 0.25) is 5.91 Å². The minimum absolute atomic E-state index is 0.0575. The van der Waals surface area contributed by atoms with Gasteiger partial charge in [-0.25, -0.2) is 4.79 Å². The van der Waals surface area contributed by atoms with Crippen molar-refractivity contribution in [2.75, 3.05) is 13.1 Å². The molecule has 2 rings (SSSR count). The summed E-state index contributed by atoms with van der Waals surface area (Å²) in [6.07, 6.45) is 2.62. The number of amides is 1. The van der Waals surface area contributed by atoms with Gasteiger partial charge >= 0.3 is 5.97 Å². The summed E-state index contributed by atoms with van der Waals surface area (Å²) in [5.41, 5.74) is 0.631. The van der Waals surface area contributed by atoms with Crippen LogP contribution in [0.1, 0.15) is 41.7 Å². The van der Waals surface area contributed by atoms with Gasteiger partial charge in [0.25, 0.3) is 0 Å². The largest absolute Gasteiger partial charge is 0.478 e. The van der Waals surface area contributed by atoms with Crippen molar-refractivity contribution in [2.24, 2.45) is 0 Å². The van der Waals surface area contributed by atoms with Crippen molar-refractivity contribution in [3.63, 3.8) is 0 Å². The molecule has 6 heteroatoms. The van der Waals surface area contributed by atoms with Gasteiger partial charge in [0, 0.05) is 25.9 Å². The fourth-order valence-electron chi connectivity index (χ4n) is 2.17. The Morgan fingerprint density at radius 2 is 2.12 bits per heavy atom. The molecule has 1 fully saturated rings. The molecule has 0 aromatic carbocycles. The number of aromatic carboxylic acids is 1. The lowest BCUT2D eigenvalue weighted by atomic mass is 9.91. The summed E-state index contributed by atoms with van der Waals surface area (Å²) < 4.78 is 4.72. The van der Waals surface area contributed by atoms with E-state index in [9.17, 15) is 9.59 Å². The van der Waals surface area contributed by atoms with Crippen molar-refractivity contribution >= 4 is 11.9 Å². The normalized spacial score (nSPS) is 17.1. The Balaban J connectivity index is 2.08. The molecule has 1 saturated heterocycles. The Kier molecular flexibility index (Phi) is 3.12. The Bertz CT molecular complexity index is 432. The number of likely N-dealkylation sites (tertiary alicyclic amines) is 1. The van der Waals surface area contributed by atoms with Crippen LogP contribution in [0.25, 0.3) is 0 Å². The highest BCUT2D eigenvalue weighted by Gasteiger charge is 2.28. The summed E-state index contributed by atoms with van der Waals surface area (Å²) in [6, 6.07) is 0. The van der Waals surface area contributed by atoms with Gasteiger partial charge in [-0.1, -0.05) is 5.16 Å². The number of rotatable bonds is 2. The lowest BCUT2D eigenvalue weighted by Crippen LogP contribution is -2.36. The average Bonchev–Trinajstić information content (AvgIpc) is 2.78. The van der Waals surface area contributed by atoms with Crippen LogP contribution in [0.4, 0.5) is 0 Å². The lowest BCUT2D eigenvalue weighted by Gasteiger charge is -2.30. The van der Waals surface area contributed by atoms with Crippen molar-refractivity contribution in [1.82, 2.24) is 10.1 Å². The molecule has 17 heavy (non-hydrogen) atoms. The van der Waals surface area contributed by atoms with E-state index in [-0.39, 0.29) is 17.4 Å². The molecular weight excluding hydrogens is 224 g/mol. The number of carbonyl (C=O) groups is 2. The van der Waals surface area contributed by atoms with Crippen molar-refractivity contribution in [3.05, 3.63) is 17.5 Å². The van der Waals surface area contributed by atoms with E-state index in [1.165, 1.54) is 0 Å². The Morgan fingerprint density at radius 1 is 1.47 bits per heavy atom. The molecule has 1 aliphatic heterocycles. The SMILES string of the molecule is CC(=O)N1CCC(c2nocc2C(=O)O)CC1. The molecule has 1 aromatic rings. The third kappa shape index (κ3) is 2.30. The van der Waals surface area contributed by atoms with Crippen molar-refractivity contribution in [2.45, 2.75) is 25.7 Å². The predicted molar refractivity (Wildman–Crippen MR) is 57.7 cm³/mol. The van der Waals surface area contributed by atoms with E-state index in [1.807, 2.05) is 0 Å². The highest BCUT2D eigenvalue weighted by atomic mass is 16.5. The number of aromatic nitrogens is 1. The summed E-state index contributed by atoms with van der Waals surface area (Å²) in [4.78, 5) is 23.9. The highest BCUT2D eigenvalue weighted by molar-refractivity contribution is 5.88. The summed E-state index contributed by atoms with van der Waals surface area (Å²) in [5.74, 6) is -0.896. The van der Waals surface area contributed by atoms with Gasteiger partial charge < -0.3 is 14.5 Å². The van der Waals surface area contributed by atoms with Crippen LogP contribution in [0.15, 0.2) is 10.8 Å². The average molecular weight is 238 g/mol. The third-order valence-corrected chi connectivity index (χ3v) is 3.15. The maximum atomic E-state index is 11.2.